The summed E-state index contributed by atoms with van der Waals surface area (Å²) < 4.78 is 8.88. The quantitative estimate of drug-likeness (QED) is 0.333. The Morgan fingerprint density at radius 1 is 1.22 bits per heavy atom. The molecule has 0 aromatic rings. The summed E-state index contributed by atoms with van der Waals surface area (Å²) in [6, 6.07) is 0. The zero-order valence-corrected chi connectivity index (χ0v) is 7.16. The van der Waals surface area contributed by atoms with Crippen LogP contribution in [0.25, 0.3) is 6.15 Å². The molecule has 0 aliphatic rings. The molecule has 0 saturated carbocycles. The molecular formula is C2H10AgNO4P-2. The predicted molar refractivity (Wildman–Crippen MR) is 30.6 cm³/mol. The van der Waals surface area contributed by atoms with E-state index < -0.39 is 7.82 Å². The minimum absolute atomic E-state index is 0. The SMILES string of the molecule is O=P(O)(O)O.[Ag].[CH2-]C.[NH2-]. The summed E-state index contributed by atoms with van der Waals surface area (Å²) in [4.78, 5) is 21.6. The first-order chi connectivity index (χ1) is 3.00. The number of rotatable bonds is 0. The van der Waals surface area contributed by atoms with Gasteiger partial charge in [0.1, 0.15) is 0 Å². The van der Waals surface area contributed by atoms with Crippen LogP contribution in [0.2, 0.25) is 0 Å². The molecule has 7 heteroatoms. The van der Waals surface area contributed by atoms with Gasteiger partial charge in [-0.3, -0.25) is 0 Å². The number of nitrogens with two attached hydrogens (primary N) is 1. The van der Waals surface area contributed by atoms with Gasteiger partial charge in [-0.15, -0.1) is 0 Å². The van der Waals surface area contributed by atoms with Gasteiger partial charge < -0.3 is 27.8 Å². The summed E-state index contributed by atoms with van der Waals surface area (Å²) >= 11 is 0. The van der Waals surface area contributed by atoms with Gasteiger partial charge in [0.05, 0.1) is 0 Å². The van der Waals surface area contributed by atoms with Crippen LogP contribution >= 0.6 is 7.82 Å². The fourth-order valence-electron chi connectivity index (χ4n) is 0. The van der Waals surface area contributed by atoms with E-state index >= 15 is 0 Å². The van der Waals surface area contributed by atoms with Gasteiger partial charge in [0.25, 0.3) is 0 Å². The fraction of sp³-hybridized carbons (Fsp3) is 0.500. The Hall–Kier alpha value is 0.810. The van der Waals surface area contributed by atoms with Crippen LogP contribution in [0.1, 0.15) is 6.92 Å². The predicted octanol–water partition coefficient (Wildman–Crippen LogP) is 0.626. The third kappa shape index (κ3) is 622. The Morgan fingerprint density at radius 2 is 1.22 bits per heavy atom. The van der Waals surface area contributed by atoms with Crippen molar-refractivity contribution in [2.45, 2.75) is 6.92 Å². The molecule has 0 amide bonds. The molecule has 5 nitrogen and oxygen atoms in total. The summed E-state index contributed by atoms with van der Waals surface area (Å²) in [6.07, 6.45) is 0. The minimum atomic E-state index is -4.64. The maximum absolute atomic E-state index is 8.88. The Morgan fingerprint density at radius 3 is 1.22 bits per heavy atom. The minimum Gasteiger partial charge on any atom is -0.693 e. The molecular weight excluding hydrogens is 241 g/mol. The molecule has 0 unspecified atom stereocenters. The Bertz CT molecular complexity index is 64.7. The molecule has 0 aromatic heterocycles. The summed E-state index contributed by atoms with van der Waals surface area (Å²) in [5.41, 5.74) is 0. The van der Waals surface area contributed by atoms with Crippen LogP contribution in [0, 0.1) is 6.92 Å². The molecule has 5 N–H and O–H groups in total. The summed E-state index contributed by atoms with van der Waals surface area (Å²) in [5.74, 6) is 0. The number of hydrogen-bond acceptors (Lipinski definition) is 1. The second kappa shape index (κ2) is 11.6. The average Bonchev–Trinajstić information content (AvgIpc) is 1.36. The van der Waals surface area contributed by atoms with Crippen LogP contribution < -0.4 is 0 Å². The smallest absolute Gasteiger partial charge is 0.466 e. The Labute approximate surface area is 69.8 Å². The third-order valence-corrected chi connectivity index (χ3v) is 0. The van der Waals surface area contributed by atoms with Crippen molar-refractivity contribution in [1.29, 1.82) is 0 Å². The van der Waals surface area contributed by atoms with Crippen molar-refractivity contribution in [1.82, 2.24) is 0 Å². The number of phosphoric acid groups is 1. The summed E-state index contributed by atoms with van der Waals surface area (Å²) in [6.45, 7) is 5.00. The van der Waals surface area contributed by atoms with Crippen LogP contribution in [0.15, 0.2) is 0 Å². The molecule has 9 heavy (non-hydrogen) atoms. The molecule has 0 heterocycles. The largest absolute Gasteiger partial charge is 0.693 e. The van der Waals surface area contributed by atoms with Gasteiger partial charge in [-0.2, -0.15) is 6.92 Å². The van der Waals surface area contributed by atoms with Crippen molar-refractivity contribution in [3.63, 3.8) is 0 Å². The van der Waals surface area contributed by atoms with Gasteiger partial charge in [0, 0.05) is 22.4 Å². The molecule has 0 saturated heterocycles. The summed E-state index contributed by atoms with van der Waals surface area (Å²) in [5, 5.41) is 0. The molecule has 0 spiro atoms. The maximum atomic E-state index is 8.88. The van der Waals surface area contributed by atoms with Gasteiger partial charge >= 0.3 is 7.82 Å². The van der Waals surface area contributed by atoms with Crippen LogP contribution in [-0.2, 0) is 26.9 Å². The normalized spacial score (nSPS) is 7.22. The van der Waals surface area contributed by atoms with Crippen molar-refractivity contribution in [2.75, 3.05) is 0 Å². The fourth-order valence-corrected chi connectivity index (χ4v) is 0. The molecule has 0 aromatic carbocycles. The van der Waals surface area contributed by atoms with Gasteiger partial charge in [-0.25, -0.2) is 4.57 Å². The van der Waals surface area contributed by atoms with Gasteiger partial charge in [0.2, 0.25) is 0 Å². The van der Waals surface area contributed by atoms with E-state index in [1.165, 1.54) is 0 Å². The van der Waals surface area contributed by atoms with Gasteiger partial charge in [-0.05, 0) is 0 Å². The van der Waals surface area contributed by atoms with Crippen LogP contribution in [0.5, 0.6) is 0 Å². The monoisotopic (exact) mass is 250 g/mol. The van der Waals surface area contributed by atoms with Gasteiger partial charge in [0.15, 0.2) is 0 Å². The van der Waals surface area contributed by atoms with E-state index in [0.29, 0.717) is 0 Å². The first-order valence-electron chi connectivity index (χ1n) is 1.49. The third-order valence-electron chi connectivity index (χ3n) is 0. The molecule has 0 fully saturated rings. The Balaban J connectivity index is -0.0000000286. The van der Waals surface area contributed by atoms with Crippen molar-refractivity contribution in [2.24, 2.45) is 0 Å². The molecule has 0 atom stereocenters. The van der Waals surface area contributed by atoms with Crippen LogP contribution in [0.3, 0.4) is 0 Å². The summed E-state index contributed by atoms with van der Waals surface area (Å²) in [7, 11) is -4.64. The van der Waals surface area contributed by atoms with Crippen molar-refractivity contribution < 1.29 is 41.6 Å². The topological polar surface area (TPSA) is 111 Å². The van der Waals surface area contributed by atoms with E-state index in [9.17, 15) is 0 Å². The van der Waals surface area contributed by atoms with E-state index in [0.717, 1.165) is 0 Å². The first kappa shape index (κ1) is 22.6. The molecule has 65 valence electrons. The van der Waals surface area contributed by atoms with Crippen LogP contribution in [0.4, 0.5) is 0 Å². The molecule has 1 radical (unpaired) electrons. The zero-order chi connectivity index (χ0) is 6.50. The molecule has 0 aliphatic heterocycles. The van der Waals surface area contributed by atoms with E-state index in [-0.39, 0.29) is 28.5 Å². The zero-order valence-electron chi connectivity index (χ0n) is 4.78. The maximum Gasteiger partial charge on any atom is 0.466 e. The van der Waals surface area contributed by atoms with E-state index in [1.54, 1.807) is 6.92 Å². The van der Waals surface area contributed by atoms with Gasteiger partial charge in [-0.1, -0.05) is 0 Å². The standard InChI is InChI=1S/C2H5.Ag.H2N.H3O4P/c1-2;;;1-5(2,3)4/h1H2,2H3;;1H2;(H3,1,2,3,4)/q-1;;-1;. The van der Waals surface area contributed by atoms with Crippen LogP contribution in [-0.4, -0.2) is 14.7 Å². The number of hydrogen-bond donors (Lipinski definition) is 3. The van der Waals surface area contributed by atoms with E-state index in [4.69, 9.17) is 19.2 Å². The van der Waals surface area contributed by atoms with E-state index in [1.807, 2.05) is 0 Å². The molecule has 0 aliphatic carbocycles. The second-order valence-electron chi connectivity index (χ2n) is 0.513. The van der Waals surface area contributed by atoms with E-state index in [2.05, 4.69) is 6.92 Å². The first-order valence-corrected chi connectivity index (χ1v) is 3.05. The Kier molecular flexibility index (Phi) is 29.0. The molecule has 0 bridgehead atoms. The second-order valence-corrected chi connectivity index (χ2v) is 1.54. The molecule has 0 rings (SSSR count). The van der Waals surface area contributed by atoms with Crippen molar-refractivity contribution in [3.05, 3.63) is 13.1 Å². The van der Waals surface area contributed by atoms with Crippen molar-refractivity contribution in [3.8, 4) is 0 Å². The van der Waals surface area contributed by atoms with Crippen molar-refractivity contribution >= 4 is 7.82 Å². The average molecular weight is 251 g/mol.